The number of phosphoric ester groups is 1. The van der Waals surface area contributed by atoms with E-state index < -0.39 is 7.82 Å². The number of nitrogens with one attached hydrogen (secondary N) is 2. The monoisotopic (exact) mass is 688 g/mol. The Hall–Kier alpha value is -5.45. The van der Waals surface area contributed by atoms with Crippen molar-refractivity contribution in [1.82, 2.24) is 0 Å². The summed E-state index contributed by atoms with van der Waals surface area (Å²) < 4.78 is 34.2. The number of rotatable bonds is 16. The van der Waals surface area contributed by atoms with Gasteiger partial charge in [-0.05, 0) is 72.5 Å². The minimum Gasteiger partial charge on any atom is -0.496 e. The number of benzene rings is 4. The smallest absolute Gasteiger partial charge is 0.496 e. The molecule has 12 nitrogen and oxygen atoms in total. The van der Waals surface area contributed by atoms with Gasteiger partial charge in [0.1, 0.15) is 23.0 Å². The zero-order chi connectivity index (χ0) is 35.6. The highest BCUT2D eigenvalue weighted by atomic mass is 31.2. The molecule has 3 N–H and O–H groups in total. The van der Waals surface area contributed by atoms with Gasteiger partial charge in [-0.3, -0.25) is 24.1 Å². The maximum absolute atomic E-state index is 13.0. The van der Waals surface area contributed by atoms with E-state index in [4.69, 9.17) is 18.5 Å². The van der Waals surface area contributed by atoms with Crippen LogP contribution in [0.1, 0.15) is 58.5 Å². The summed E-state index contributed by atoms with van der Waals surface area (Å²) in [7, 11) is -2.01. The number of carbonyl (C=O) groups excluding carboxylic acids is 4. The molecule has 2 amide bonds. The van der Waals surface area contributed by atoms with Crippen LogP contribution in [-0.2, 0) is 27.0 Å². The van der Waals surface area contributed by atoms with Crippen molar-refractivity contribution in [3.8, 4) is 23.0 Å². The van der Waals surface area contributed by atoms with Crippen molar-refractivity contribution in [2.75, 3.05) is 24.9 Å². The lowest BCUT2D eigenvalue weighted by Gasteiger charge is -2.16. The number of phosphoric acid groups is 1. The molecule has 49 heavy (non-hydrogen) atoms. The molecule has 0 radical (unpaired) electrons. The van der Waals surface area contributed by atoms with Gasteiger partial charge in [0.15, 0.2) is 11.6 Å². The van der Waals surface area contributed by atoms with E-state index in [1.54, 1.807) is 24.3 Å². The second-order valence-corrected chi connectivity index (χ2v) is 12.3. The van der Waals surface area contributed by atoms with Gasteiger partial charge >= 0.3 is 7.82 Å². The molecule has 13 heteroatoms. The molecule has 0 saturated carbocycles. The van der Waals surface area contributed by atoms with Crippen molar-refractivity contribution in [2.45, 2.75) is 39.5 Å². The van der Waals surface area contributed by atoms with Gasteiger partial charge < -0.3 is 29.2 Å². The summed E-state index contributed by atoms with van der Waals surface area (Å²) in [5.41, 5.74) is 3.66. The van der Waals surface area contributed by atoms with Gasteiger partial charge in [0.25, 0.3) is 0 Å². The first-order valence-electron chi connectivity index (χ1n) is 15.2. The summed E-state index contributed by atoms with van der Waals surface area (Å²) in [5, 5.41) is 5.38. The van der Waals surface area contributed by atoms with Crippen LogP contribution in [0.15, 0.2) is 84.9 Å². The molecule has 0 spiro atoms. The van der Waals surface area contributed by atoms with Crippen LogP contribution in [-0.4, -0.2) is 42.5 Å². The molecule has 0 aliphatic heterocycles. The molecule has 0 aliphatic rings. The highest BCUT2D eigenvalue weighted by Crippen LogP contribution is 2.46. The molecule has 256 valence electrons. The van der Waals surface area contributed by atoms with E-state index in [0.717, 1.165) is 11.1 Å². The standard InChI is InChI=1S/C36H37N2O10P/c1-23(39)37-27-11-5-25(6-12-27)9-19-33(41)31-17-15-29(21-35(31)45-3)47-49(43,44)48-30-16-18-32(36(22-30)46-4)34(42)20-10-26-7-13-28(14-8-26)38-24(2)40/h5-8,11-18,21-22H,9-10,19-20H2,1-4H3,(H,37,39)(H,38,40)(H,43,44). The second-order valence-electron chi connectivity index (χ2n) is 11.0. The SMILES string of the molecule is COc1cc(OP(=O)(O)Oc2ccc(C(=O)CCc3ccc(NC(C)=O)cc3)c(OC)c2)ccc1C(=O)CCc1ccc(NC(C)=O)cc1. The number of Topliss-reactive ketones (excluding diaryl/α,β-unsaturated/α-hetero) is 2. The second kappa shape index (κ2) is 16.6. The summed E-state index contributed by atoms with van der Waals surface area (Å²) in [6.45, 7) is 2.85. The number of methoxy groups -OCH3 is 2. The highest BCUT2D eigenvalue weighted by molar-refractivity contribution is 7.48. The molecule has 0 aromatic heterocycles. The van der Waals surface area contributed by atoms with Gasteiger partial charge in [0, 0.05) is 50.2 Å². The van der Waals surface area contributed by atoms with E-state index in [9.17, 15) is 28.6 Å². The normalized spacial score (nSPS) is 10.9. The lowest BCUT2D eigenvalue weighted by atomic mass is 10.0. The molecule has 0 atom stereocenters. The number of amides is 2. The summed E-state index contributed by atoms with van der Waals surface area (Å²) in [4.78, 5) is 58.9. The largest absolute Gasteiger partial charge is 0.584 e. The van der Waals surface area contributed by atoms with E-state index >= 15 is 0 Å². The van der Waals surface area contributed by atoms with Crippen LogP contribution in [0.2, 0.25) is 0 Å². The van der Waals surface area contributed by atoms with E-state index in [0.29, 0.717) is 24.2 Å². The summed E-state index contributed by atoms with van der Waals surface area (Å²) in [6, 6.07) is 22.6. The number of carbonyl (C=O) groups is 4. The van der Waals surface area contributed by atoms with Gasteiger partial charge in [-0.1, -0.05) is 24.3 Å². The number of hydrogen-bond donors (Lipinski definition) is 3. The van der Waals surface area contributed by atoms with Gasteiger partial charge in [-0.25, -0.2) is 4.57 Å². The Morgan fingerprint density at radius 2 is 0.980 bits per heavy atom. The molecule has 4 aromatic carbocycles. The lowest BCUT2D eigenvalue weighted by Crippen LogP contribution is -2.07. The molecule has 0 saturated heterocycles. The lowest BCUT2D eigenvalue weighted by molar-refractivity contribution is -0.115. The topological polar surface area (TPSA) is 167 Å². The highest BCUT2D eigenvalue weighted by Gasteiger charge is 2.27. The number of hydrogen-bond acceptors (Lipinski definition) is 9. The van der Waals surface area contributed by atoms with Crippen LogP contribution in [0.3, 0.4) is 0 Å². The Morgan fingerprint density at radius 1 is 0.612 bits per heavy atom. The minimum absolute atomic E-state index is 0.0725. The van der Waals surface area contributed by atoms with E-state index in [-0.39, 0.29) is 70.3 Å². The number of ether oxygens (including phenoxy) is 2. The Morgan fingerprint density at radius 3 is 1.31 bits per heavy atom. The third-order valence-corrected chi connectivity index (χ3v) is 8.10. The molecule has 4 aromatic rings. The van der Waals surface area contributed by atoms with Crippen LogP contribution in [0.25, 0.3) is 0 Å². The van der Waals surface area contributed by atoms with Crippen molar-refractivity contribution in [1.29, 1.82) is 0 Å². The van der Waals surface area contributed by atoms with Crippen molar-refractivity contribution >= 4 is 42.6 Å². The number of ketones is 2. The van der Waals surface area contributed by atoms with Crippen LogP contribution < -0.4 is 29.2 Å². The maximum Gasteiger partial charge on any atom is 0.584 e. The third kappa shape index (κ3) is 10.8. The molecular weight excluding hydrogens is 651 g/mol. The quantitative estimate of drug-likeness (QED) is 0.0841. The average Bonchev–Trinajstić information content (AvgIpc) is 3.06. The first-order valence-corrected chi connectivity index (χ1v) is 16.7. The number of anilines is 2. The van der Waals surface area contributed by atoms with Crippen LogP contribution in [0.4, 0.5) is 11.4 Å². The van der Waals surface area contributed by atoms with Gasteiger partial charge in [0.2, 0.25) is 11.8 Å². The van der Waals surface area contributed by atoms with Crippen molar-refractivity contribution < 1.29 is 47.2 Å². The van der Waals surface area contributed by atoms with E-state index in [1.165, 1.54) is 64.5 Å². The zero-order valence-corrected chi connectivity index (χ0v) is 28.4. The Kier molecular flexibility index (Phi) is 12.3. The Labute approximate surface area is 284 Å². The summed E-state index contributed by atoms with van der Waals surface area (Å²) >= 11 is 0. The van der Waals surface area contributed by atoms with Crippen molar-refractivity contribution in [3.63, 3.8) is 0 Å². The van der Waals surface area contributed by atoms with Crippen molar-refractivity contribution in [2.24, 2.45) is 0 Å². The Balaban J connectivity index is 1.35. The van der Waals surface area contributed by atoms with Crippen LogP contribution in [0.5, 0.6) is 23.0 Å². The fraction of sp³-hybridized carbons (Fsp3) is 0.222. The summed E-state index contributed by atoms with van der Waals surface area (Å²) in [6.07, 6.45) is 1.24. The fourth-order valence-electron chi connectivity index (χ4n) is 4.90. The fourth-order valence-corrected chi connectivity index (χ4v) is 5.70. The molecule has 0 aliphatic carbocycles. The van der Waals surface area contributed by atoms with Gasteiger partial charge in [0.05, 0.1) is 25.3 Å². The van der Waals surface area contributed by atoms with E-state index in [1.807, 2.05) is 24.3 Å². The predicted molar refractivity (Wildman–Crippen MR) is 184 cm³/mol. The van der Waals surface area contributed by atoms with Crippen LogP contribution >= 0.6 is 7.82 Å². The first kappa shape index (κ1) is 36.4. The molecular formula is C36H37N2O10P. The molecule has 0 unspecified atom stereocenters. The third-order valence-electron chi connectivity index (χ3n) is 7.22. The van der Waals surface area contributed by atoms with Gasteiger partial charge in [-0.2, -0.15) is 0 Å². The van der Waals surface area contributed by atoms with E-state index in [2.05, 4.69) is 10.6 Å². The van der Waals surface area contributed by atoms with Crippen LogP contribution in [0, 0.1) is 0 Å². The maximum atomic E-state index is 13.0. The zero-order valence-electron chi connectivity index (χ0n) is 27.5. The molecule has 0 heterocycles. The average molecular weight is 689 g/mol. The summed E-state index contributed by atoms with van der Waals surface area (Å²) in [5.74, 6) is -0.613. The first-order chi connectivity index (χ1) is 23.3. The number of aryl methyl sites for hydroxylation is 2. The van der Waals surface area contributed by atoms with Gasteiger partial charge in [-0.15, -0.1) is 0 Å². The molecule has 4 rings (SSSR count). The molecule has 0 fully saturated rings. The Bertz CT molecular complexity index is 1740. The van der Waals surface area contributed by atoms with Crippen molar-refractivity contribution in [3.05, 3.63) is 107 Å². The molecule has 0 bridgehead atoms. The predicted octanol–water partition coefficient (Wildman–Crippen LogP) is 6.81. The minimum atomic E-state index is -4.74.